The molecule has 0 aliphatic carbocycles. The van der Waals surface area contributed by atoms with E-state index in [0.717, 1.165) is 11.3 Å². The van der Waals surface area contributed by atoms with Crippen LogP contribution in [0, 0.1) is 0 Å². The summed E-state index contributed by atoms with van der Waals surface area (Å²) in [6.45, 7) is 1.70. The third kappa shape index (κ3) is 2.77. The third-order valence-electron chi connectivity index (χ3n) is 2.49. The summed E-state index contributed by atoms with van der Waals surface area (Å²) in [5, 5.41) is 9.43. The van der Waals surface area contributed by atoms with E-state index in [0.29, 0.717) is 11.4 Å². The number of hydrogen-bond acceptors (Lipinski definition) is 3. The second kappa shape index (κ2) is 4.89. The van der Waals surface area contributed by atoms with Crippen molar-refractivity contribution in [2.45, 2.75) is 13.0 Å². The van der Waals surface area contributed by atoms with Gasteiger partial charge in [0.2, 0.25) is 0 Å². The number of aliphatic hydroxyl groups excluding tert-OH is 1. The zero-order valence-corrected chi connectivity index (χ0v) is 9.63. The summed E-state index contributed by atoms with van der Waals surface area (Å²) in [6, 6.07) is 14.7. The summed E-state index contributed by atoms with van der Waals surface area (Å²) < 4.78 is 5.64. The van der Waals surface area contributed by atoms with Gasteiger partial charge in [-0.05, 0) is 36.8 Å². The second-order valence-corrected chi connectivity index (χ2v) is 3.89. The fourth-order valence-corrected chi connectivity index (χ4v) is 1.54. The van der Waals surface area contributed by atoms with E-state index >= 15 is 0 Å². The third-order valence-corrected chi connectivity index (χ3v) is 2.49. The summed E-state index contributed by atoms with van der Waals surface area (Å²) in [5.41, 5.74) is 7.17. The normalized spacial score (nSPS) is 12.1. The van der Waals surface area contributed by atoms with Crippen LogP contribution in [0.25, 0.3) is 0 Å². The molecular formula is C14H15NO2. The van der Waals surface area contributed by atoms with E-state index in [4.69, 9.17) is 10.5 Å². The highest BCUT2D eigenvalue weighted by Crippen LogP contribution is 2.29. The largest absolute Gasteiger partial charge is 0.455 e. The minimum atomic E-state index is -0.525. The predicted octanol–water partition coefficient (Wildman–Crippen LogP) is 3.11. The first-order chi connectivity index (χ1) is 8.16. The van der Waals surface area contributed by atoms with Crippen LogP contribution in [-0.4, -0.2) is 5.11 Å². The number of para-hydroxylation sites is 1. The molecule has 0 saturated heterocycles. The number of nitrogens with two attached hydrogens (primary N) is 1. The van der Waals surface area contributed by atoms with Crippen LogP contribution >= 0.6 is 0 Å². The first-order valence-electron chi connectivity index (χ1n) is 5.47. The Bertz CT molecular complexity index is 495. The van der Waals surface area contributed by atoms with Gasteiger partial charge in [-0.2, -0.15) is 0 Å². The van der Waals surface area contributed by atoms with Gasteiger partial charge in [-0.1, -0.05) is 24.3 Å². The lowest BCUT2D eigenvalue weighted by Gasteiger charge is -2.11. The van der Waals surface area contributed by atoms with Crippen molar-refractivity contribution in [3.8, 4) is 11.5 Å². The topological polar surface area (TPSA) is 55.5 Å². The molecule has 3 heteroatoms. The van der Waals surface area contributed by atoms with Crippen LogP contribution in [-0.2, 0) is 0 Å². The molecule has 0 bridgehead atoms. The fourth-order valence-electron chi connectivity index (χ4n) is 1.54. The lowest BCUT2D eigenvalue weighted by atomic mass is 10.1. The molecule has 2 aromatic carbocycles. The molecule has 0 aromatic heterocycles. The Morgan fingerprint density at radius 2 is 1.82 bits per heavy atom. The minimum Gasteiger partial charge on any atom is -0.455 e. The van der Waals surface area contributed by atoms with E-state index in [1.165, 1.54) is 0 Å². The van der Waals surface area contributed by atoms with Crippen LogP contribution in [0.15, 0.2) is 48.5 Å². The van der Waals surface area contributed by atoms with Gasteiger partial charge in [0, 0.05) is 0 Å². The van der Waals surface area contributed by atoms with Crippen molar-refractivity contribution >= 4 is 5.69 Å². The predicted molar refractivity (Wildman–Crippen MR) is 68.0 cm³/mol. The number of aliphatic hydroxyl groups is 1. The van der Waals surface area contributed by atoms with Crippen molar-refractivity contribution in [2.24, 2.45) is 0 Å². The first kappa shape index (κ1) is 11.5. The average molecular weight is 229 g/mol. The maximum absolute atomic E-state index is 9.43. The van der Waals surface area contributed by atoms with E-state index in [2.05, 4.69) is 0 Å². The van der Waals surface area contributed by atoms with Crippen LogP contribution in [0.5, 0.6) is 11.5 Å². The maximum Gasteiger partial charge on any atom is 0.150 e. The van der Waals surface area contributed by atoms with Crippen LogP contribution < -0.4 is 10.5 Å². The van der Waals surface area contributed by atoms with Gasteiger partial charge in [0.15, 0.2) is 0 Å². The Labute approximate surface area is 100 Å². The lowest BCUT2D eigenvalue weighted by Crippen LogP contribution is -1.96. The van der Waals surface area contributed by atoms with E-state index < -0.39 is 6.10 Å². The molecule has 0 amide bonds. The highest BCUT2D eigenvalue weighted by atomic mass is 16.5. The SMILES string of the molecule is C[C@@H](O)c1ccc(Oc2ccccc2)c(N)c1. The number of nitrogen functional groups attached to an aromatic ring is 1. The van der Waals surface area contributed by atoms with Crippen LogP contribution in [0.4, 0.5) is 5.69 Å². The standard InChI is InChI=1S/C14H15NO2/c1-10(16)11-7-8-14(13(15)9-11)17-12-5-3-2-4-6-12/h2-10,16H,15H2,1H3/t10-/m1/s1. The van der Waals surface area contributed by atoms with Gasteiger partial charge in [0.05, 0.1) is 11.8 Å². The molecule has 0 spiro atoms. The van der Waals surface area contributed by atoms with Crippen molar-refractivity contribution in [3.05, 3.63) is 54.1 Å². The molecule has 0 aliphatic heterocycles. The molecule has 1 atom stereocenters. The van der Waals surface area contributed by atoms with Gasteiger partial charge in [-0.25, -0.2) is 0 Å². The average Bonchev–Trinajstić information content (AvgIpc) is 2.33. The van der Waals surface area contributed by atoms with Gasteiger partial charge in [-0.3, -0.25) is 0 Å². The summed E-state index contributed by atoms with van der Waals surface area (Å²) in [4.78, 5) is 0. The number of benzene rings is 2. The van der Waals surface area contributed by atoms with E-state index in [1.807, 2.05) is 30.3 Å². The second-order valence-electron chi connectivity index (χ2n) is 3.89. The van der Waals surface area contributed by atoms with Crippen molar-refractivity contribution in [1.82, 2.24) is 0 Å². The molecule has 0 fully saturated rings. The van der Waals surface area contributed by atoms with E-state index in [9.17, 15) is 5.11 Å². The number of anilines is 1. The van der Waals surface area contributed by atoms with Gasteiger partial charge in [0.1, 0.15) is 11.5 Å². The Morgan fingerprint density at radius 1 is 1.12 bits per heavy atom. The summed E-state index contributed by atoms with van der Waals surface area (Å²) >= 11 is 0. The maximum atomic E-state index is 9.43. The molecule has 2 rings (SSSR count). The zero-order valence-electron chi connectivity index (χ0n) is 9.63. The molecule has 17 heavy (non-hydrogen) atoms. The lowest BCUT2D eigenvalue weighted by molar-refractivity contribution is 0.199. The monoisotopic (exact) mass is 229 g/mol. The van der Waals surface area contributed by atoms with Crippen LogP contribution in [0.2, 0.25) is 0 Å². The number of ether oxygens (including phenoxy) is 1. The quantitative estimate of drug-likeness (QED) is 0.795. The molecule has 0 heterocycles. The molecule has 3 nitrogen and oxygen atoms in total. The van der Waals surface area contributed by atoms with Gasteiger partial charge in [-0.15, -0.1) is 0 Å². The summed E-state index contributed by atoms with van der Waals surface area (Å²) in [7, 11) is 0. The van der Waals surface area contributed by atoms with E-state index in [-0.39, 0.29) is 0 Å². The Morgan fingerprint density at radius 3 is 2.41 bits per heavy atom. The molecule has 0 radical (unpaired) electrons. The number of hydrogen-bond donors (Lipinski definition) is 2. The summed E-state index contributed by atoms with van der Waals surface area (Å²) in [5.74, 6) is 1.34. The summed E-state index contributed by atoms with van der Waals surface area (Å²) in [6.07, 6.45) is -0.525. The molecule has 88 valence electrons. The fraction of sp³-hybridized carbons (Fsp3) is 0.143. The first-order valence-corrected chi connectivity index (χ1v) is 5.47. The smallest absolute Gasteiger partial charge is 0.150 e. The van der Waals surface area contributed by atoms with Crippen LogP contribution in [0.3, 0.4) is 0 Å². The highest BCUT2D eigenvalue weighted by molar-refractivity contribution is 5.56. The minimum absolute atomic E-state index is 0.521. The van der Waals surface area contributed by atoms with Gasteiger partial charge < -0.3 is 15.6 Å². The Hall–Kier alpha value is -2.00. The van der Waals surface area contributed by atoms with Crippen molar-refractivity contribution < 1.29 is 9.84 Å². The van der Waals surface area contributed by atoms with Gasteiger partial charge >= 0.3 is 0 Å². The van der Waals surface area contributed by atoms with Crippen molar-refractivity contribution in [1.29, 1.82) is 0 Å². The van der Waals surface area contributed by atoms with Crippen molar-refractivity contribution in [3.63, 3.8) is 0 Å². The number of rotatable bonds is 3. The highest BCUT2D eigenvalue weighted by Gasteiger charge is 2.06. The molecule has 2 aromatic rings. The molecular weight excluding hydrogens is 214 g/mol. The molecule has 3 N–H and O–H groups in total. The Kier molecular flexibility index (Phi) is 3.30. The zero-order chi connectivity index (χ0) is 12.3. The molecule has 0 aliphatic rings. The van der Waals surface area contributed by atoms with Crippen LogP contribution in [0.1, 0.15) is 18.6 Å². The van der Waals surface area contributed by atoms with E-state index in [1.54, 1.807) is 25.1 Å². The Balaban J connectivity index is 2.23. The molecule has 0 saturated carbocycles. The molecule has 0 unspecified atom stereocenters. The van der Waals surface area contributed by atoms with Crippen molar-refractivity contribution in [2.75, 3.05) is 5.73 Å². The van der Waals surface area contributed by atoms with Gasteiger partial charge in [0.25, 0.3) is 0 Å².